The lowest BCUT2D eigenvalue weighted by molar-refractivity contribution is 0.630. The van der Waals surface area contributed by atoms with E-state index in [0.717, 1.165) is 43.9 Å². The molecule has 2 aromatic heterocycles. The van der Waals surface area contributed by atoms with Gasteiger partial charge in [-0.3, -0.25) is 0 Å². The third-order valence-electron chi connectivity index (χ3n) is 4.89. The lowest BCUT2D eigenvalue weighted by atomic mass is 10.2. The highest BCUT2D eigenvalue weighted by Crippen LogP contribution is 2.24. The van der Waals surface area contributed by atoms with Gasteiger partial charge >= 0.3 is 0 Å². The molecule has 0 aliphatic carbocycles. The standard InChI is InChI=1S/C19H20N8S/c1-25-23-18(22-24-25)14-3-5-15(6-4-14)26-9-2-10-27(12-11-26)17-7-8-21-19(28)16(17)13-20/h3-8H,2,9-12H2,1H3,(H,21,28). The van der Waals surface area contributed by atoms with Crippen molar-refractivity contribution in [3.63, 3.8) is 0 Å². The highest BCUT2D eigenvalue weighted by molar-refractivity contribution is 7.71. The number of aromatic amines is 1. The zero-order valence-electron chi connectivity index (χ0n) is 15.5. The van der Waals surface area contributed by atoms with Crippen LogP contribution in [0.25, 0.3) is 11.4 Å². The van der Waals surface area contributed by atoms with Crippen LogP contribution < -0.4 is 9.80 Å². The van der Waals surface area contributed by atoms with Crippen molar-refractivity contribution in [2.75, 3.05) is 36.0 Å². The molecule has 1 fully saturated rings. The first-order chi connectivity index (χ1) is 13.7. The number of tetrazole rings is 1. The third-order valence-corrected chi connectivity index (χ3v) is 5.21. The number of H-pyrrole nitrogens is 1. The number of aryl methyl sites for hydroxylation is 1. The van der Waals surface area contributed by atoms with Gasteiger partial charge in [-0.05, 0) is 42.0 Å². The summed E-state index contributed by atoms with van der Waals surface area (Å²) in [5.74, 6) is 0.626. The molecule has 0 radical (unpaired) electrons. The Morgan fingerprint density at radius 2 is 1.82 bits per heavy atom. The van der Waals surface area contributed by atoms with Gasteiger partial charge in [0.1, 0.15) is 16.3 Å². The van der Waals surface area contributed by atoms with Crippen LogP contribution in [-0.2, 0) is 7.05 Å². The number of pyridine rings is 1. The van der Waals surface area contributed by atoms with E-state index in [1.54, 1.807) is 13.2 Å². The minimum absolute atomic E-state index is 0.495. The molecule has 1 aromatic carbocycles. The van der Waals surface area contributed by atoms with Gasteiger partial charge in [0, 0.05) is 43.6 Å². The molecule has 0 spiro atoms. The van der Waals surface area contributed by atoms with Gasteiger partial charge in [-0.2, -0.15) is 10.1 Å². The van der Waals surface area contributed by atoms with Crippen LogP contribution in [0.5, 0.6) is 0 Å². The quantitative estimate of drug-likeness (QED) is 0.685. The van der Waals surface area contributed by atoms with Crippen molar-refractivity contribution in [2.45, 2.75) is 6.42 Å². The largest absolute Gasteiger partial charge is 0.370 e. The summed E-state index contributed by atoms with van der Waals surface area (Å²) in [5.41, 5.74) is 3.58. The van der Waals surface area contributed by atoms with Crippen LogP contribution in [0.1, 0.15) is 12.0 Å². The highest BCUT2D eigenvalue weighted by atomic mass is 32.1. The van der Waals surface area contributed by atoms with E-state index in [1.165, 1.54) is 10.5 Å². The van der Waals surface area contributed by atoms with Gasteiger partial charge in [0.05, 0.1) is 12.7 Å². The zero-order chi connectivity index (χ0) is 19.5. The minimum Gasteiger partial charge on any atom is -0.370 e. The Morgan fingerprint density at radius 1 is 1.07 bits per heavy atom. The number of benzene rings is 1. The normalized spacial score (nSPS) is 14.6. The summed E-state index contributed by atoms with van der Waals surface area (Å²) in [6.45, 7) is 3.56. The van der Waals surface area contributed by atoms with Crippen LogP contribution in [-0.4, -0.2) is 51.4 Å². The predicted molar refractivity (Wildman–Crippen MR) is 110 cm³/mol. The number of nitrogens with one attached hydrogen (secondary N) is 1. The molecule has 1 saturated heterocycles. The summed E-state index contributed by atoms with van der Waals surface area (Å²) in [4.78, 5) is 9.01. The van der Waals surface area contributed by atoms with E-state index in [9.17, 15) is 5.26 Å². The van der Waals surface area contributed by atoms with Gasteiger partial charge in [-0.25, -0.2) is 0 Å². The SMILES string of the molecule is Cn1nnc(-c2ccc(N3CCCN(c4cc[nH]c(=S)c4C#N)CC3)cc2)n1. The number of anilines is 2. The Morgan fingerprint density at radius 3 is 2.54 bits per heavy atom. The van der Waals surface area contributed by atoms with E-state index < -0.39 is 0 Å². The number of nitriles is 1. The average Bonchev–Trinajstić information content (AvgIpc) is 3.00. The van der Waals surface area contributed by atoms with Gasteiger partial charge in [0.15, 0.2) is 0 Å². The van der Waals surface area contributed by atoms with Crippen LogP contribution in [0.3, 0.4) is 0 Å². The van der Waals surface area contributed by atoms with E-state index in [-0.39, 0.29) is 0 Å². The molecule has 1 aliphatic rings. The molecule has 142 valence electrons. The molecular formula is C19H20N8S. The van der Waals surface area contributed by atoms with Crippen molar-refractivity contribution < 1.29 is 0 Å². The summed E-state index contributed by atoms with van der Waals surface area (Å²) in [6.07, 6.45) is 2.81. The minimum atomic E-state index is 0.495. The maximum atomic E-state index is 9.46. The van der Waals surface area contributed by atoms with Gasteiger partial charge in [0.2, 0.25) is 5.82 Å². The van der Waals surface area contributed by atoms with E-state index >= 15 is 0 Å². The summed E-state index contributed by atoms with van der Waals surface area (Å²) in [5, 5.41) is 21.6. The van der Waals surface area contributed by atoms with Crippen molar-refractivity contribution in [1.82, 2.24) is 25.2 Å². The fourth-order valence-electron chi connectivity index (χ4n) is 3.48. The van der Waals surface area contributed by atoms with Crippen molar-refractivity contribution in [2.24, 2.45) is 7.05 Å². The Hall–Kier alpha value is -3.25. The maximum absolute atomic E-state index is 9.46. The van der Waals surface area contributed by atoms with Crippen LogP contribution >= 0.6 is 12.2 Å². The number of rotatable bonds is 3. The Balaban J connectivity index is 1.49. The molecule has 0 atom stereocenters. The molecule has 3 aromatic rings. The first kappa shape index (κ1) is 18.1. The monoisotopic (exact) mass is 392 g/mol. The molecule has 0 bridgehead atoms. The fraction of sp³-hybridized carbons (Fsp3) is 0.316. The van der Waals surface area contributed by atoms with Gasteiger partial charge in [-0.15, -0.1) is 10.2 Å². The van der Waals surface area contributed by atoms with Gasteiger partial charge < -0.3 is 14.8 Å². The van der Waals surface area contributed by atoms with Crippen molar-refractivity contribution in [1.29, 1.82) is 5.26 Å². The zero-order valence-corrected chi connectivity index (χ0v) is 16.4. The number of hydrogen-bond acceptors (Lipinski definition) is 7. The maximum Gasteiger partial charge on any atom is 0.204 e. The summed E-state index contributed by atoms with van der Waals surface area (Å²) in [6, 6.07) is 12.4. The molecule has 1 aliphatic heterocycles. The molecule has 3 heterocycles. The van der Waals surface area contributed by atoms with E-state index in [4.69, 9.17) is 12.2 Å². The molecular weight excluding hydrogens is 372 g/mol. The molecule has 4 rings (SSSR count). The van der Waals surface area contributed by atoms with E-state index in [2.05, 4.69) is 48.4 Å². The summed E-state index contributed by atoms with van der Waals surface area (Å²) >= 11 is 5.26. The summed E-state index contributed by atoms with van der Waals surface area (Å²) < 4.78 is 0.495. The summed E-state index contributed by atoms with van der Waals surface area (Å²) in [7, 11) is 1.76. The molecule has 0 unspecified atom stereocenters. The van der Waals surface area contributed by atoms with Crippen molar-refractivity contribution in [3.8, 4) is 17.5 Å². The van der Waals surface area contributed by atoms with Crippen LogP contribution in [0.2, 0.25) is 0 Å². The number of aromatic nitrogens is 5. The smallest absolute Gasteiger partial charge is 0.204 e. The van der Waals surface area contributed by atoms with E-state index in [0.29, 0.717) is 16.0 Å². The number of nitrogens with zero attached hydrogens (tertiary/aromatic N) is 7. The topological polar surface area (TPSA) is 89.7 Å². The lowest BCUT2D eigenvalue weighted by Gasteiger charge is -2.25. The second-order valence-corrected chi connectivity index (χ2v) is 7.06. The first-order valence-corrected chi connectivity index (χ1v) is 9.52. The number of hydrogen-bond donors (Lipinski definition) is 1. The third kappa shape index (κ3) is 3.59. The highest BCUT2D eigenvalue weighted by Gasteiger charge is 2.18. The van der Waals surface area contributed by atoms with Crippen LogP contribution in [0, 0.1) is 16.0 Å². The molecule has 28 heavy (non-hydrogen) atoms. The fourth-order valence-corrected chi connectivity index (χ4v) is 3.70. The molecule has 1 N–H and O–H groups in total. The lowest BCUT2D eigenvalue weighted by Crippen LogP contribution is -2.31. The van der Waals surface area contributed by atoms with Crippen molar-refractivity contribution in [3.05, 3.63) is 46.7 Å². The Labute approximate surface area is 168 Å². The van der Waals surface area contributed by atoms with Gasteiger partial charge in [0.25, 0.3) is 0 Å². The second-order valence-electron chi connectivity index (χ2n) is 6.66. The van der Waals surface area contributed by atoms with Gasteiger partial charge in [-0.1, -0.05) is 12.2 Å². The van der Waals surface area contributed by atoms with Crippen molar-refractivity contribution >= 4 is 23.6 Å². The molecule has 0 saturated carbocycles. The van der Waals surface area contributed by atoms with Crippen LogP contribution in [0.4, 0.5) is 11.4 Å². The van der Waals surface area contributed by atoms with Crippen LogP contribution in [0.15, 0.2) is 36.5 Å². The first-order valence-electron chi connectivity index (χ1n) is 9.12. The second kappa shape index (κ2) is 7.78. The Bertz CT molecular complexity index is 1060. The predicted octanol–water partition coefficient (Wildman–Crippen LogP) is 2.52. The average molecular weight is 392 g/mol. The Kier molecular flexibility index (Phi) is 5.04. The van der Waals surface area contributed by atoms with E-state index in [1.807, 2.05) is 18.2 Å². The molecule has 0 amide bonds. The molecule has 8 nitrogen and oxygen atoms in total. The molecule has 9 heteroatoms.